The lowest BCUT2D eigenvalue weighted by Crippen LogP contribution is -2.36. The van der Waals surface area contributed by atoms with E-state index in [-0.39, 0.29) is 12.5 Å². The zero-order chi connectivity index (χ0) is 23.2. The van der Waals surface area contributed by atoms with Gasteiger partial charge < -0.3 is 25.6 Å². The monoisotopic (exact) mass is 456 g/mol. The highest BCUT2D eigenvalue weighted by atomic mass is 19.1. The second-order valence-electron chi connectivity index (χ2n) is 7.71. The molecule has 0 saturated carbocycles. The van der Waals surface area contributed by atoms with Gasteiger partial charge in [-0.3, -0.25) is 9.78 Å². The molecule has 1 aromatic heterocycles. The summed E-state index contributed by atoms with van der Waals surface area (Å²) in [5.41, 5.74) is 2.52. The topological polar surface area (TPSA) is 91.4 Å². The molecule has 1 aliphatic heterocycles. The quantitative estimate of drug-likeness (QED) is 0.448. The summed E-state index contributed by atoms with van der Waals surface area (Å²) >= 11 is 0. The third-order valence-corrected chi connectivity index (χ3v) is 5.30. The summed E-state index contributed by atoms with van der Waals surface area (Å²) in [6.45, 7) is 3.90. The largest absolute Gasteiger partial charge is 0.379 e. The Balaban J connectivity index is 1.67. The van der Waals surface area contributed by atoms with E-state index in [1.165, 1.54) is 12.1 Å². The van der Waals surface area contributed by atoms with E-state index in [0.29, 0.717) is 73.1 Å². The van der Waals surface area contributed by atoms with Crippen LogP contribution in [0.3, 0.4) is 0 Å². The first-order valence-electron chi connectivity index (χ1n) is 10.8. The first-order valence-corrected chi connectivity index (χ1v) is 10.8. The third-order valence-electron chi connectivity index (χ3n) is 5.30. The van der Waals surface area contributed by atoms with Crippen LogP contribution >= 0.6 is 0 Å². The average Bonchev–Trinajstić information content (AvgIpc) is 2.82. The van der Waals surface area contributed by atoms with E-state index in [1.54, 1.807) is 25.4 Å². The van der Waals surface area contributed by atoms with Crippen LogP contribution < -0.4 is 20.9 Å². The Kier molecular flexibility index (Phi) is 7.26. The number of carbonyl (C=O) groups excluding carboxylic acids is 1. The number of nitrogens with zero attached hydrogens (tertiary/aromatic N) is 3. The molecule has 0 atom stereocenters. The SMILES string of the molecule is CNCCNC(=O)c1cc(NCc2cc(F)cc(F)c2)c2nc(N3CCOCC3)cnc2c1. The van der Waals surface area contributed by atoms with E-state index in [2.05, 4.69) is 25.8 Å². The molecule has 2 heterocycles. The average molecular weight is 456 g/mol. The number of halogens is 2. The van der Waals surface area contributed by atoms with Crippen LogP contribution in [0.5, 0.6) is 0 Å². The number of benzene rings is 2. The number of amides is 1. The molecule has 2 aromatic carbocycles. The van der Waals surface area contributed by atoms with Gasteiger partial charge in [0.25, 0.3) is 5.91 Å². The summed E-state index contributed by atoms with van der Waals surface area (Å²) in [4.78, 5) is 24.1. The number of anilines is 2. The van der Waals surface area contributed by atoms with Crippen molar-refractivity contribution < 1.29 is 18.3 Å². The zero-order valence-electron chi connectivity index (χ0n) is 18.3. The predicted octanol–water partition coefficient (Wildman–Crippen LogP) is 2.31. The number of likely N-dealkylation sites (N-methyl/N-ethyl adjacent to an activating group) is 1. The Labute approximate surface area is 190 Å². The van der Waals surface area contributed by atoms with Crippen LogP contribution in [0.15, 0.2) is 36.5 Å². The number of ether oxygens (including phenoxy) is 1. The molecular weight excluding hydrogens is 430 g/mol. The Morgan fingerprint density at radius 2 is 1.85 bits per heavy atom. The Morgan fingerprint density at radius 3 is 2.58 bits per heavy atom. The first kappa shape index (κ1) is 22.8. The highest BCUT2D eigenvalue weighted by Gasteiger charge is 2.17. The van der Waals surface area contributed by atoms with Crippen LogP contribution in [0, 0.1) is 11.6 Å². The lowest BCUT2D eigenvalue weighted by atomic mass is 10.1. The van der Waals surface area contributed by atoms with Crippen LogP contribution in [0.1, 0.15) is 15.9 Å². The summed E-state index contributed by atoms with van der Waals surface area (Å²) in [7, 11) is 1.81. The number of carbonyl (C=O) groups is 1. The van der Waals surface area contributed by atoms with Crippen molar-refractivity contribution >= 4 is 28.4 Å². The molecule has 10 heteroatoms. The number of hydrogen-bond donors (Lipinski definition) is 3. The van der Waals surface area contributed by atoms with Crippen LogP contribution in [-0.2, 0) is 11.3 Å². The minimum Gasteiger partial charge on any atom is -0.379 e. The summed E-state index contributed by atoms with van der Waals surface area (Å²) < 4.78 is 32.6. The van der Waals surface area contributed by atoms with Crippen LogP contribution in [-0.4, -0.2) is 62.3 Å². The molecular formula is C23H26F2N6O2. The number of nitrogens with one attached hydrogen (secondary N) is 3. The number of rotatable bonds is 8. The van der Waals surface area contributed by atoms with E-state index < -0.39 is 11.6 Å². The van der Waals surface area contributed by atoms with E-state index in [0.717, 1.165) is 6.07 Å². The van der Waals surface area contributed by atoms with Crippen molar-refractivity contribution in [2.75, 3.05) is 56.7 Å². The van der Waals surface area contributed by atoms with Gasteiger partial charge in [0.05, 0.1) is 30.6 Å². The molecule has 4 rings (SSSR count). The Bertz CT molecular complexity index is 1120. The number of aromatic nitrogens is 2. The van der Waals surface area contributed by atoms with E-state index in [4.69, 9.17) is 9.72 Å². The van der Waals surface area contributed by atoms with E-state index in [9.17, 15) is 13.6 Å². The summed E-state index contributed by atoms with van der Waals surface area (Å²) in [5, 5.41) is 9.00. The van der Waals surface area contributed by atoms with E-state index >= 15 is 0 Å². The highest BCUT2D eigenvalue weighted by Crippen LogP contribution is 2.26. The number of hydrogen-bond acceptors (Lipinski definition) is 7. The zero-order valence-corrected chi connectivity index (χ0v) is 18.3. The van der Waals surface area contributed by atoms with Crippen molar-refractivity contribution in [1.82, 2.24) is 20.6 Å². The third kappa shape index (κ3) is 5.71. The second kappa shape index (κ2) is 10.5. The molecule has 3 aromatic rings. The molecule has 33 heavy (non-hydrogen) atoms. The fourth-order valence-corrected chi connectivity index (χ4v) is 3.63. The molecule has 174 valence electrons. The van der Waals surface area contributed by atoms with Gasteiger partial charge in [-0.05, 0) is 36.9 Å². The second-order valence-corrected chi connectivity index (χ2v) is 7.71. The van der Waals surface area contributed by atoms with Gasteiger partial charge in [-0.15, -0.1) is 0 Å². The molecule has 1 aliphatic rings. The van der Waals surface area contributed by atoms with Crippen molar-refractivity contribution in [2.45, 2.75) is 6.54 Å². The Hall–Kier alpha value is -3.37. The molecule has 1 amide bonds. The molecule has 0 spiro atoms. The highest BCUT2D eigenvalue weighted by molar-refractivity contribution is 6.01. The smallest absolute Gasteiger partial charge is 0.251 e. The van der Waals surface area contributed by atoms with Crippen LogP contribution in [0.4, 0.5) is 20.3 Å². The molecule has 1 saturated heterocycles. The molecule has 0 radical (unpaired) electrons. The molecule has 1 fully saturated rings. The van der Waals surface area contributed by atoms with Gasteiger partial charge >= 0.3 is 0 Å². The number of morpholine rings is 1. The molecule has 8 nitrogen and oxygen atoms in total. The lowest BCUT2D eigenvalue weighted by Gasteiger charge is -2.27. The maximum atomic E-state index is 13.6. The maximum Gasteiger partial charge on any atom is 0.251 e. The molecule has 0 aliphatic carbocycles. The molecule has 3 N–H and O–H groups in total. The fraction of sp³-hybridized carbons (Fsp3) is 0.348. The predicted molar refractivity (Wildman–Crippen MR) is 123 cm³/mol. The number of fused-ring (bicyclic) bond motifs is 1. The first-order chi connectivity index (χ1) is 16.0. The van der Waals surface area contributed by atoms with Crippen molar-refractivity contribution in [3.63, 3.8) is 0 Å². The van der Waals surface area contributed by atoms with Crippen LogP contribution in [0.2, 0.25) is 0 Å². The summed E-state index contributed by atoms with van der Waals surface area (Å²) in [6, 6.07) is 6.72. The minimum absolute atomic E-state index is 0.151. The van der Waals surface area contributed by atoms with Crippen molar-refractivity contribution in [2.24, 2.45) is 0 Å². The van der Waals surface area contributed by atoms with Gasteiger partial charge in [0.1, 0.15) is 23.0 Å². The minimum atomic E-state index is -0.649. The molecule has 0 unspecified atom stereocenters. The van der Waals surface area contributed by atoms with Gasteiger partial charge in [0.15, 0.2) is 0 Å². The van der Waals surface area contributed by atoms with Crippen LogP contribution in [0.25, 0.3) is 11.0 Å². The van der Waals surface area contributed by atoms with Gasteiger partial charge in [-0.1, -0.05) is 0 Å². The van der Waals surface area contributed by atoms with Gasteiger partial charge in [0.2, 0.25) is 0 Å². The standard InChI is InChI=1S/C23H26F2N6O2/c1-26-2-3-27-23(32)16-10-19(28-13-15-8-17(24)12-18(25)9-15)22-20(11-16)29-14-21(30-22)31-4-6-33-7-5-31/h8-12,14,26,28H,2-7,13H2,1H3,(H,27,32). The lowest BCUT2D eigenvalue weighted by molar-refractivity contribution is 0.0954. The molecule has 0 bridgehead atoms. The maximum absolute atomic E-state index is 13.6. The van der Waals surface area contributed by atoms with Crippen molar-refractivity contribution in [3.05, 3.63) is 59.3 Å². The fourth-order valence-electron chi connectivity index (χ4n) is 3.63. The van der Waals surface area contributed by atoms with Gasteiger partial charge in [-0.2, -0.15) is 0 Å². The Morgan fingerprint density at radius 1 is 1.09 bits per heavy atom. The van der Waals surface area contributed by atoms with E-state index in [1.807, 2.05) is 0 Å². The van der Waals surface area contributed by atoms with Gasteiger partial charge in [-0.25, -0.2) is 13.8 Å². The van der Waals surface area contributed by atoms with Crippen molar-refractivity contribution in [1.29, 1.82) is 0 Å². The van der Waals surface area contributed by atoms with Gasteiger partial charge in [0, 0.05) is 44.4 Å². The normalized spacial score (nSPS) is 13.8. The summed E-state index contributed by atoms with van der Waals surface area (Å²) in [6.07, 6.45) is 1.68. The summed E-state index contributed by atoms with van der Waals surface area (Å²) in [5.74, 6) is -0.838. The van der Waals surface area contributed by atoms with Crippen molar-refractivity contribution in [3.8, 4) is 0 Å².